The minimum atomic E-state index is -4.24. The summed E-state index contributed by atoms with van der Waals surface area (Å²) in [6.07, 6.45) is -3.42. The van der Waals surface area contributed by atoms with Gasteiger partial charge in [0.05, 0.1) is 18.6 Å². The standard InChI is InChI=1S/C15H16ClF3O2/c1-21-13-6-5-11(16)8-12(13)14(20)9-3-2-4-10(7-9)15(17,18)19/h5-6,8-10H,2-4,7H2,1H3. The molecule has 0 saturated heterocycles. The van der Waals surface area contributed by atoms with Crippen LogP contribution in [0.1, 0.15) is 36.0 Å². The van der Waals surface area contributed by atoms with Crippen molar-refractivity contribution in [2.75, 3.05) is 7.11 Å². The number of benzene rings is 1. The highest BCUT2D eigenvalue weighted by molar-refractivity contribution is 6.31. The summed E-state index contributed by atoms with van der Waals surface area (Å²) >= 11 is 5.87. The summed E-state index contributed by atoms with van der Waals surface area (Å²) in [6.45, 7) is 0. The number of rotatable bonds is 3. The predicted molar refractivity (Wildman–Crippen MR) is 73.8 cm³/mol. The Morgan fingerprint density at radius 1 is 1.33 bits per heavy atom. The zero-order chi connectivity index (χ0) is 15.6. The molecule has 0 amide bonds. The quantitative estimate of drug-likeness (QED) is 0.740. The molecule has 1 fully saturated rings. The van der Waals surface area contributed by atoms with Gasteiger partial charge in [0.15, 0.2) is 5.78 Å². The average molecular weight is 321 g/mol. The molecule has 0 bridgehead atoms. The third-order valence-corrected chi connectivity index (χ3v) is 4.17. The van der Waals surface area contributed by atoms with E-state index < -0.39 is 18.0 Å². The fourth-order valence-corrected chi connectivity index (χ4v) is 2.99. The topological polar surface area (TPSA) is 26.3 Å². The van der Waals surface area contributed by atoms with Gasteiger partial charge in [-0.05, 0) is 37.5 Å². The third kappa shape index (κ3) is 3.70. The lowest BCUT2D eigenvalue weighted by molar-refractivity contribution is -0.184. The lowest BCUT2D eigenvalue weighted by Gasteiger charge is -2.30. The zero-order valence-corrected chi connectivity index (χ0v) is 12.3. The maximum Gasteiger partial charge on any atom is 0.391 e. The SMILES string of the molecule is COc1ccc(Cl)cc1C(=O)C1CCCC(C(F)(F)F)C1. The van der Waals surface area contributed by atoms with Crippen molar-refractivity contribution >= 4 is 17.4 Å². The Balaban J connectivity index is 2.22. The molecular formula is C15H16ClF3O2. The van der Waals surface area contributed by atoms with Crippen LogP contribution in [0.25, 0.3) is 0 Å². The molecule has 1 aliphatic carbocycles. The van der Waals surface area contributed by atoms with Gasteiger partial charge in [-0.25, -0.2) is 0 Å². The second-order valence-electron chi connectivity index (χ2n) is 5.31. The predicted octanol–water partition coefficient (Wildman–Crippen LogP) is 4.90. The van der Waals surface area contributed by atoms with Crippen LogP contribution in [-0.4, -0.2) is 19.1 Å². The van der Waals surface area contributed by atoms with Crippen molar-refractivity contribution in [1.82, 2.24) is 0 Å². The fourth-order valence-electron chi connectivity index (χ4n) is 2.82. The molecule has 2 unspecified atom stereocenters. The Morgan fingerprint density at radius 3 is 2.67 bits per heavy atom. The number of carbonyl (C=O) groups excluding carboxylic acids is 1. The van der Waals surface area contributed by atoms with E-state index in [2.05, 4.69) is 0 Å². The summed E-state index contributed by atoms with van der Waals surface area (Å²) in [7, 11) is 1.42. The monoisotopic (exact) mass is 320 g/mol. The van der Waals surface area contributed by atoms with E-state index in [1.807, 2.05) is 0 Å². The molecule has 0 aliphatic heterocycles. The lowest BCUT2D eigenvalue weighted by Crippen LogP contribution is -2.32. The van der Waals surface area contributed by atoms with Gasteiger partial charge in [0.2, 0.25) is 0 Å². The van der Waals surface area contributed by atoms with Gasteiger partial charge in [-0.15, -0.1) is 0 Å². The van der Waals surface area contributed by atoms with E-state index in [1.165, 1.54) is 13.2 Å². The van der Waals surface area contributed by atoms with E-state index in [1.54, 1.807) is 12.1 Å². The molecule has 116 valence electrons. The van der Waals surface area contributed by atoms with Gasteiger partial charge >= 0.3 is 6.18 Å². The fraction of sp³-hybridized carbons (Fsp3) is 0.533. The average Bonchev–Trinajstić information content (AvgIpc) is 2.45. The van der Waals surface area contributed by atoms with Crippen LogP contribution in [0.3, 0.4) is 0 Å². The van der Waals surface area contributed by atoms with Crippen LogP contribution in [0.5, 0.6) is 5.75 Å². The van der Waals surface area contributed by atoms with E-state index in [9.17, 15) is 18.0 Å². The normalized spacial score (nSPS) is 22.9. The first-order valence-corrected chi connectivity index (χ1v) is 7.15. The maximum atomic E-state index is 12.8. The minimum absolute atomic E-state index is 0.0972. The van der Waals surface area contributed by atoms with Crippen LogP contribution in [0.2, 0.25) is 5.02 Å². The second kappa shape index (κ2) is 6.26. The number of ketones is 1. The molecule has 1 aliphatic rings. The van der Waals surface area contributed by atoms with E-state index in [0.29, 0.717) is 23.6 Å². The zero-order valence-electron chi connectivity index (χ0n) is 11.5. The molecule has 0 heterocycles. The van der Waals surface area contributed by atoms with Crippen molar-refractivity contribution in [3.8, 4) is 5.75 Å². The van der Waals surface area contributed by atoms with Crippen molar-refractivity contribution in [2.24, 2.45) is 11.8 Å². The Bertz CT molecular complexity index is 528. The summed E-state index contributed by atoms with van der Waals surface area (Å²) < 4.78 is 43.6. The Morgan fingerprint density at radius 2 is 2.05 bits per heavy atom. The molecule has 0 radical (unpaired) electrons. The minimum Gasteiger partial charge on any atom is -0.496 e. The van der Waals surface area contributed by atoms with Gasteiger partial charge in [-0.3, -0.25) is 4.79 Å². The first-order chi connectivity index (χ1) is 9.82. The van der Waals surface area contributed by atoms with Crippen molar-refractivity contribution < 1.29 is 22.7 Å². The highest BCUT2D eigenvalue weighted by atomic mass is 35.5. The summed E-state index contributed by atoms with van der Waals surface area (Å²) in [5, 5.41) is 0.363. The van der Waals surface area contributed by atoms with Crippen molar-refractivity contribution in [1.29, 1.82) is 0 Å². The number of methoxy groups -OCH3 is 1. The van der Waals surface area contributed by atoms with Gasteiger partial charge in [-0.2, -0.15) is 13.2 Å². The first-order valence-electron chi connectivity index (χ1n) is 6.77. The van der Waals surface area contributed by atoms with Crippen LogP contribution in [0.15, 0.2) is 18.2 Å². The molecule has 2 atom stereocenters. The molecule has 1 aromatic rings. The van der Waals surface area contributed by atoms with E-state index in [-0.39, 0.29) is 24.2 Å². The van der Waals surface area contributed by atoms with Crippen LogP contribution in [0, 0.1) is 11.8 Å². The number of halogens is 4. The Kier molecular flexibility index (Phi) is 4.81. The number of Topliss-reactive ketones (excluding diaryl/α,β-unsaturated/α-hetero) is 1. The molecule has 0 N–H and O–H groups in total. The summed E-state index contributed by atoms with van der Waals surface area (Å²) in [5.74, 6) is -2.00. The molecule has 21 heavy (non-hydrogen) atoms. The molecule has 1 aromatic carbocycles. The number of hydrogen-bond donors (Lipinski definition) is 0. The van der Waals surface area contributed by atoms with Gasteiger partial charge in [-0.1, -0.05) is 18.0 Å². The second-order valence-corrected chi connectivity index (χ2v) is 5.75. The molecular weight excluding hydrogens is 305 g/mol. The third-order valence-electron chi connectivity index (χ3n) is 3.93. The van der Waals surface area contributed by atoms with Crippen LogP contribution < -0.4 is 4.74 Å². The highest BCUT2D eigenvalue weighted by Gasteiger charge is 2.43. The van der Waals surface area contributed by atoms with Crippen molar-refractivity contribution in [2.45, 2.75) is 31.9 Å². The Hall–Kier alpha value is -1.23. The number of alkyl halides is 3. The highest BCUT2D eigenvalue weighted by Crippen LogP contribution is 2.41. The molecule has 0 spiro atoms. The first kappa shape index (κ1) is 16.1. The van der Waals surface area contributed by atoms with Gasteiger partial charge in [0.1, 0.15) is 5.75 Å². The molecule has 1 saturated carbocycles. The molecule has 2 nitrogen and oxygen atoms in total. The van der Waals surface area contributed by atoms with Gasteiger partial charge in [0, 0.05) is 10.9 Å². The smallest absolute Gasteiger partial charge is 0.391 e. The van der Waals surface area contributed by atoms with Crippen LogP contribution >= 0.6 is 11.6 Å². The Labute approximate surface area is 126 Å². The van der Waals surface area contributed by atoms with Gasteiger partial charge < -0.3 is 4.74 Å². The maximum absolute atomic E-state index is 12.8. The molecule has 6 heteroatoms. The van der Waals surface area contributed by atoms with Crippen molar-refractivity contribution in [3.63, 3.8) is 0 Å². The van der Waals surface area contributed by atoms with Crippen LogP contribution in [-0.2, 0) is 0 Å². The van der Waals surface area contributed by atoms with Crippen LogP contribution in [0.4, 0.5) is 13.2 Å². The number of carbonyl (C=O) groups is 1. The van der Waals surface area contributed by atoms with Gasteiger partial charge in [0.25, 0.3) is 0 Å². The number of hydrogen-bond acceptors (Lipinski definition) is 2. The van der Waals surface area contributed by atoms with E-state index in [0.717, 1.165) is 0 Å². The number of ether oxygens (including phenoxy) is 1. The lowest BCUT2D eigenvalue weighted by atomic mass is 9.77. The summed E-state index contributed by atoms with van der Waals surface area (Å²) in [6, 6.07) is 4.59. The molecule has 2 rings (SSSR count). The molecule has 0 aromatic heterocycles. The van der Waals surface area contributed by atoms with Crippen molar-refractivity contribution in [3.05, 3.63) is 28.8 Å². The largest absolute Gasteiger partial charge is 0.496 e. The summed E-state index contributed by atoms with van der Waals surface area (Å²) in [5.41, 5.74) is 0.262. The van der Waals surface area contributed by atoms with E-state index in [4.69, 9.17) is 16.3 Å². The van der Waals surface area contributed by atoms with E-state index >= 15 is 0 Å². The summed E-state index contributed by atoms with van der Waals surface area (Å²) in [4.78, 5) is 12.5.